The lowest BCUT2D eigenvalue weighted by atomic mass is 10.1. The first-order valence-electron chi connectivity index (χ1n) is 10.2. The zero-order valence-corrected chi connectivity index (χ0v) is 19.7. The molecule has 0 spiro atoms. The number of pyridine rings is 1. The van der Waals surface area contributed by atoms with Crippen LogP contribution in [0.4, 0.5) is 23.2 Å². The Hall–Kier alpha value is -3.87. The van der Waals surface area contributed by atoms with Crippen LogP contribution in [-0.4, -0.2) is 45.0 Å². The van der Waals surface area contributed by atoms with Crippen LogP contribution in [-0.2, 0) is 16.0 Å². The van der Waals surface area contributed by atoms with Gasteiger partial charge in [-0.1, -0.05) is 0 Å². The lowest BCUT2D eigenvalue weighted by Crippen LogP contribution is -2.15. The molecule has 1 aromatic heterocycles. The average molecular weight is 528 g/mol. The van der Waals surface area contributed by atoms with Crippen molar-refractivity contribution in [2.24, 2.45) is 0 Å². The van der Waals surface area contributed by atoms with Crippen molar-refractivity contribution in [3.8, 4) is 23.1 Å². The third-order valence-electron chi connectivity index (χ3n) is 4.59. The summed E-state index contributed by atoms with van der Waals surface area (Å²) in [7, 11) is -2.03. The van der Waals surface area contributed by atoms with Crippen molar-refractivity contribution in [1.29, 1.82) is 0 Å². The lowest BCUT2D eigenvalue weighted by molar-refractivity contribution is -0.137. The van der Waals surface area contributed by atoms with E-state index in [9.17, 15) is 30.8 Å². The number of aromatic nitrogens is 1. The Morgan fingerprint density at radius 2 is 1.78 bits per heavy atom. The molecule has 0 unspecified atom stereocenters. The van der Waals surface area contributed by atoms with E-state index >= 15 is 0 Å². The van der Waals surface area contributed by atoms with Crippen LogP contribution in [0.15, 0.2) is 54.7 Å². The number of anilines is 1. The number of carbonyl (C=O) groups is 1. The number of methoxy groups -OCH3 is 1. The number of hydrogen-bond donors (Lipinski definition) is 1. The van der Waals surface area contributed by atoms with Crippen LogP contribution in [0.1, 0.15) is 15.9 Å². The topological polar surface area (TPSA) is 104 Å². The van der Waals surface area contributed by atoms with Crippen LogP contribution in [0.2, 0.25) is 0 Å². The molecule has 0 radical (unpaired) electrons. The molecular formula is C23H20F4N2O6S. The number of sulfone groups is 1. The second-order valence-corrected chi connectivity index (χ2v) is 9.68. The van der Waals surface area contributed by atoms with Crippen molar-refractivity contribution in [1.82, 2.24) is 4.98 Å². The molecule has 0 aliphatic heterocycles. The molecule has 192 valence electrons. The molecule has 0 aliphatic rings. The Morgan fingerprint density at radius 3 is 2.44 bits per heavy atom. The van der Waals surface area contributed by atoms with Crippen molar-refractivity contribution in [2.45, 2.75) is 6.18 Å². The highest BCUT2D eigenvalue weighted by Gasteiger charge is 2.32. The smallest absolute Gasteiger partial charge is 0.416 e. The molecule has 0 aliphatic carbocycles. The van der Waals surface area contributed by atoms with Crippen molar-refractivity contribution in [3.05, 3.63) is 71.7 Å². The summed E-state index contributed by atoms with van der Waals surface area (Å²) < 4.78 is 92.5. The van der Waals surface area contributed by atoms with Crippen LogP contribution in [0.5, 0.6) is 23.1 Å². The highest BCUT2D eigenvalue weighted by atomic mass is 32.2. The highest BCUT2D eigenvalue weighted by Crippen LogP contribution is 2.38. The molecule has 8 nitrogen and oxygen atoms in total. The molecular weight excluding hydrogens is 508 g/mol. The molecule has 0 bridgehead atoms. The molecule has 3 aromatic rings. The number of hydrogen-bond acceptors (Lipinski definition) is 7. The SMILES string of the molecule is COc1cc(NC(=O)c2ccc(C(F)(F)F)cc2Oc2ccc(F)cc2OCCS(C)(=O)=O)ccn1. The number of alkyl halides is 3. The monoisotopic (exact) mass is 528 g/mol. The molecule has 0 saturated heterocycles. The summed E-state index contributed by atoms with van der Waals surface area (Å²) in [4.78, 5) is 16.8. The number of amides is 1. The number of nitrogens with zero attached hydrogens (tertiary/aromatic N) is 1. The molecule has 13 heteroatoms. The van der Waals surface area contributed by atoms with Crippen LogP contribution in [0.25, 0.3) is 0 Å². The van der Waals surface area contributed by atoms with Gasteiger partial charge in [0.2, 0.25) is 5.88 Å². The summed E-state index contributed by atoms with van der Waals surface area (Å²) >= 11 is 0. The van der Waals surface area contributed by atoms with Crippen LogP contribution in [0, 0.1) is 5.82 Å². The molecule has 3 rings (SSSR count). The Labute approximate surface area is 203 Å². The zero-order valence-electron chi connectivity index (χ0n) is 18.9. The summed E-state index contributed by atoms with van der Waals surface area (Å²) in [5.41, 5.74) is -1.12. The van der Waals surface area contributed by atoms with Crippen molar-refractivity contribution in [2.75, 3.05) is 31.0 Å². The molecule has 0 atom stereocenters. The van der Waals surface area contributed by atoms with E-state index in [1.165, 1.54) is 25.4 Å². The number of carbonyl (C=O) groups excluding carboxylic acids is 1. The van der Waals surface area contributed by atoms with E-state index in [1.54, 1.807) is 0 Å². The fourth-order valence-corrected chi connectivity index (χ4v) is 3.25. The minimum Gasteiger partial charge on any atom is -0.489 e. The van der Waals surface area contributed by atoms with E-state index in [-0.39, 0.29) is 35.2 Å². The van der Waals surface area contributed by atoms with Gasteiger partial charge in [-0.2, -0.15) is 13.2 Å². The maximum absolute atomic E-state index is 13.8. The molecule has 0 saturated carbocycles. The first-order valence-corrected chi connectivity index (χ1v) is 12.2. The molecule has 1 amide bonds. The van der Waals surface area contributed by atoms with Crippen LogP contribution < -0.4 is 19.5 Å². The molecule has 0 fully saturated rings. The highest BCUT2D eigenvalue weighted by molar-refractivity contribution is 7.90. The van der Waals surface area contributed by atoms with Crippen molar-refractivity contribution >= 4 is 21.4 Å². The fourth-order valence-electron chi connectivity index (χ4n) is 2.87. The predicted octanol–water partition coefficient (Wildman–Crippen LogP) is 4.72. The normalized spacial score (nSPS) is 11.6. The fraction of sp³-hybridized carbons (Fsp3) is 0.217. The predicted molar refractivity (Wildman–Crippen MR) is 122 cm³/mol. The van der Waals surface area contributed by atoms with Gasteiger partial charge in [0.1, 0.15) is 18.2 Å². The van der Waals surface area contributed by atoms with E-state index in [0.29, 0.717) is 12.1 Å². The van der Waals surface area contributed by atoms with Gasteiger partial charge in [-0.3, -0.25) is 4.79 Å². The third kappa shape index (κ3) is 7.31. The van der Waals surface area contributed by atoms with Gasteiger partial charge >= 0.3 is 6.18 Å². The van der Waals surface area contributed by atoms with E-state index in [2.05, 4.69) is 10.3 Å². The minimum absolute atomic E-state index is 0.193. The number of halogens is 4. The van der Waals surface area contributed by atoms with Gasteiger partial charge in [-0.25, -0.2) is 17.8 Å². The molecule has 36 heavy (non-hydrogen) atoms. The number of ether oxygens (including phenoxy) is 3. The van der Waals surface area contributed by atoms with Crippen LogP contribution in [0.3, 0.4) is 0 Å². The van der Waals surface area contributed by atoms with Gasteiger partial charge in [0.25, 0.3) is 5.91 Å². The maximum atomic E-state index is 13.8. The van der Waals surface area contributed by atoms with Gasteiger partial charge in [0, 0.05) is 30.3 Å². The van der Waals surface area contributed by atoms with E-state index in [1.807, 2.05) is 0 Å². The van der Waals surface area contributed by atoms with Crippen molar-refractivity contribution < 1.29 is 45.0 Å². The van der Waals surface area contributed by atoms with Gasteiger partial charge in [-0.05, 0) is 36.4 Å². The van der Waals surface area contributed by atoms with Gasteiger partial charge < -0.3 is 19.5 Å². The van der Waals surface area contributed by atoms with E-state index in [0.717, 1.165) is 30.5 Å². The van der Waals surface area contributed by atoms with Crippen LogP contribution >= 0.6 is 0 Å². The Morgan fingerprint density at radius 1 is 1.03 bits per heavy atom. The second kappa shape index (κ2) is 10.8. The molecule has 1 heterocycles. The van der Waals surface area contributed by atoms with Gasteiger partial charge in [0.05, 0.1) is 24.0 Å². The quantitative estimate of drug-likeness (QED) is 0.401. The first kappa shape index (κ1) is 26.7. The zero-order chi connectivity index (χ0) is 26.5. The van der Waals surface area contributed by atoms with Gasteiger partial charge in [-0.15, -0.1) is 0 Å². The Bertz CT molecular complexity index is 1360. The molecule has 2 aromatic carbocycles. The van der Waals surface area contributed by atoms with E-state index < -0.39 is 44.8 Å². The molecule has 1 N–H and O–H groups in total. The maximum Gasteiger partial charge on any atom is 0.416 e. The largest absolute Gasteiger partial charge is 0.489 e. The average Bonchev–Trinajstić information content (AvgIpc) is 2.79. The minimum atomic E-state index is -4.75. The van der Waals surface area contributed by atoms with Gasteiger partial charge in [0.15, 0.2) is 21.3 Å². The van der Waals surface area contributed by atoms with E-state index in [4.69, 9.17) is 14.2 Å². The summed E-state index contributed by atoms with van der Waals surface area (Å²) in [6.45, 7) is -0.363. The van der Waals surface area contributed by atoms with Crippen molar-refractivity contribution in [3.63, 3.8) is 0 Å². The summed E-state index contributed by atoms with van der Waals surface area (Å²) in [6.07, 6.45) is -2.41. The summed E-state index contributed by atoms with van der Waals surface area (Å²) in [6, 6.07) is 8.04. The Balaban J connectivity index is 1.97. The second-order valence-electron chi connectivity index (χ2n) is 7.42. The Kier molecular flexibility index (Phi) is 8.03. The number of nitrogens with one attached hydrogen (secondary N) is 1. The third-order valence-corrected chi connectivity index (χ3v) is 5.50. The first-order chi connectivity index (χ1) is 16.9. The number of benzene rings is 2. The lowest BCUT2D eigenvalue weighted by Gasteiger charge is -2.17. The summed E-state index contributed by atoms with van der Waals surface area (Å²) in [5, 5.41) is 2.51. The number of rotatable bonds is 9. The summed E-state index contributed by atoms with van der Waals surface area (Å²) in [5.74, 6) is -2.76. The standard InChI is InChI=1S/C23H20F4N2O6S/c1-33-21-13-16(7-8-28-21)29-22(30)17-5-3-14(23(25,26)27)11-19(17)35-18-6-4-15(24)12-20(18)34-9-10-36(2,31)32/h3-8,11-13H,9-10H2,1-2H3,(H,28,29,30).